The van der Waals surface area contributed by atoms with Crippen molar-refractivity contribution in [1.29, 1.82) is 0 Å². The van der Waals surface area contributed by atoms with Crippen molar-refractivity contribution in [2.45, 2.75) is 0 Å². The van der Waals surface area contributed by atoms with Gasteiger partial charge in [-0.15, -0.1) is 0 Å². The third-order valence-corrected chi connectivity index (χ3v) is 4.71. The average Bonchev–Trinajstić information content (AvgIpc) is 3.43. The SMILES string of the molecule is CNc1cc(Nc2cc(F)cc3c2OCCO3)nc2c(C(=O)N3CC=CN3)cnn12. The number of carbonyl (C=O) groups excluding carboxylic acids is 1. The van der Waals surface area contributed by atoms with E-state index in [1.54, 1.807) is 19.3 Å². The molecule has 5 rings (SSSR count). The molecule has 3 aromatic rings. The lowest BCUT2D eigenvalue weighted by Crippen LogP contribution is -2.36. The van der Waals surface area contributed by atoms with Gasteiger partial charge in [-0.3, -0.25) is 4.79 Å². The average molecular weight is 411 g/mol. The lowest BCUT2D eigenvalue weighted by atomic mass is 10.2. The number of ether oxygens (including phenoxy) is 2. The molecule has 0 unspecified atom stereocenters. The van der Waals surface area contributed by atoms with Gasteiger partial charge in [0.1, 0.15) is 36.2 Å². The molecular formula is C19H18FN7O3. The van der Waals surface area contributed by atoms with Crippen LogP contribution >= 0.6 is 0 Å². The molecule has 3 N–H and O–H groups in total. The van der Waals surface area contributed by atoms with Crippen LogP contribution in [0.25, 0.3) is 5.65 Å². The van der Waals surface area contributed by atoms with Gasteiger partial charge in [0.05, 0.1) is 18.4 Å². The lowest BCUT2D eigenvalue weighted by molar-refractivity contribution is 0.0738. The first kappa shape index (κ1) is 18.0. The molecule has 1 aromatic carbocycles. The zero-order valence-electron chi connectivity index (χ0n) is 16.0. The first-order valence-electron chi connectivity index (χ1n) is 9.30. The van der Waals surface area contributed by atoms with Gasteiger partial charge < -0.3 is 25.5 Å². The second-order valence-electron chi connectivity index (χ2n) is 6.62. The summed E-state index contributed by atoms with van der Waals surface area (Å²) in [5, 5.41) is 11.8. The molecule has 4 heterocycles. The molecule has 2 aliphatic heterocycles. The van der Waals surface area contributed by atoms with Crippen LogP contribution in [0.3, 0.4) is 0 Å². The summed E-state index contributed by atoms with van der Waals surface area (Å²) in [6.45, 7) is 1.16. The van der Waals surface area contributed by atoms with Crippen LogP contribution in [0.5, 0.6) is 11.5 Å². The maximum Gasteiger partial charge on any atom is 0.277 e. The molecule has 0 fully saturated rings. The van der Waals surface area contributed by atoms with Crippen LogP contribution in [0.15, 0.2) is 36.7 Å². The lowest BCUT2D eigenvalue weighted by Gasteiger charge is -2.21. The third-order valence-electron chi connectivity index (χ3n) is 4.71. The Balaban J connectivity index is 1.56. The van der Waals surface area contributed by atoms with Crippen LogP contribution in [-0.2, 0) is 0 Å². The summed E-state index contributed by atoms with van der Waals surface area (Å²) in [5.74, 6) is 0.984. The highest BCUT2D eigenvalue weighted by molar-refractivity contribution is 6.00. The Bertz CT molecular complexity index is 1170. The summed E-state index contributed by atoms with van der Waals surface area (Å²) >= 11 is 0. The van der Waals surface area contributed by atoms with Crippen molar-refractivity contribution in [2.75, 3.05) is 37.4 Å². The van der Waals surface area contributed by atoms with Gasteiger partial charge >= 0.3 is 0 Å². The highest BCUT2D eigenvalue weighted by Crippen LogP contribution is 2.40. The van der Waals surface area contributed by atoms with E-state index in [1.807, 2.05) is 6.08 Å². The Kier molecular flexibility index (Phi) is 4.27. The quantitative estimate of drug-likeness (QED) is 0.598. The highest BCUT2D eigenvalue weighted by Gasteiger charge is 2.24. The molecule has 0 saturated carbocycles. The summed E-state index contributed by atoms with van der Waals surface area (Å²) in [6.07, 6.45) is 4.99. The Morgan fingerprint density at radius 2 is 2.13 bits per heavy atom. The third kappa shape index (κ3) is 3.00. The number of aromatic nitrogens is 3. The van der Waals surface area contributed by atoms with E-state index in [0.717, 1.165) is 0 Å². The molecule has 0 bridgehead atoms. The molecule has 0 aliphatic carbocycles. The Morgan fingerprint density at radius 1 is 1.27 bits per heavy atom. The van der Waals surface area contributed by atoms with Crippen LogP contribution in [0.1, 0.15) is 10.4 Å². The van der Waals surface area contributed by atoms with Crippen LogP contribution in [0.4, 0.5) is 21.7 Å². The Hall–Kier alpha value is -4.02. The number of halogens is 1. The molecule has 2 aliphatic rings. The molecule has 154 valence electrons. The first-order valence-corrected chi connectivity index (χ1v) is 9.30. The fraction of sp³-hybridized carbons (Fsp3) is 0.211. The summed E-state index contributed by atoms with van der Waals surface area (Å²) < 4.78 is 26.7. The minimum absolute atomic E-state index is 0.262. The van der Waals surface area contributed by atoms with Crippen molar-refractivity contribution < 1.29 is 18.7 Å². The number of nitrogens with one attached hydrogen (secondary N) is 3. The molecule has 11 heteroatoms. The molecule has 10 nitrogen and oxygen atoms in total. The van der Waals surface area contributed by atoms with E-state index in [9.17, 15) is 9.18 Å². The Labute approximate surface area is 170 Å². The van der Waals surface area contributed by atoms with Gasteiger partial charge in [-0.05, 0) is 6.08 Å². The second-order valence-corrected chi connectivity index (χ2v) is 6.62. The number of hydrogen-bond acceptors (Lipinski definition) is 8. The van der Waals surface area contributed by atoms with Gasteiger partial charge in [0.15, 0.2) is 17.1 Å². The van der Waals surface area contributed by atoms with Crippen molar-refractivity contribution in [3.05, 3.63) is 48.1 Å². The van der Waals surface area contributed by atoms with E-state index in [0.29, 0.717) is 59.8 Å². The maximum absolute atomic E-state index is 14.1. The number of carbonyl (C=O) groups is 1. The highest BCUT2D eigenvalue weighted by atomic mass is 19.1. The number of benzene rings is 1. The first-order chi connectivity index (χ1) is 14.6. The van der Waals surface area contributed by atoms with Crippen molar-refractivity contribution >= 4 is 28.9 Å². The van der Waals surface area contributed by atoms with Crippen molar-refractivity contribution in [2.24, 2.45) is 0 Å². The normalized spacial score (nSPS) is 14.7. The summed E-state index contributed by atoms with van der Waals surface area (Å²) in [6, 6.07) is 4.28. The van der Waals surface area contributed by atoms with E-state index in [4.69, 9.17) is 9.47 Å². The molecule has 0 atom stereocenters. The van der Waals surface area contributed by atoms with E-state index in [1.165, 1.54) is 27.9 Å². The zero-order chi connectivity index (χ0) is 20.7. The molecule has 0 spiro atoms. The predicted octanol–water partition coefficient (Wildman–Crippen LogP) is 1.90. The van der Waals surface area contributed by atoms with Crippen molar-refractivity contribution in [1.82, 2.24) is 25.0 Å². The topological polar surface area (TPSA) is 105 Å². The van der Waals surface area contributed by atoms with Crippen LogP contribution in [0, 0.1) is 5.82 Å². The number of rotatable bonds is 4. The van der Waals surface area contributed by atoms with E-state index < -0.39 is 5.82 Å². The summed E-state index contributed by atoms with van der Waals surface area (Å²) in [4.78, 5) is 17.4. The van der Waals surface area contributed by atoms with Gasteiger partial charge in [-0.25, -0.2) is 14.4 Å². The minimum atomic E-state index is -0.468. The molecule has 1 amide bonds. The number of nitrogens with zero attached hydrogens (tertiary/aromatic N) is 4. The standard InChI is InChI=1S/C19H18FN7O3/c1-21-16-9-15(24-13-7-11(20)8-14-17(13)30-6-5-29-14)25-18-12(10-23-27(16)18)19(28)26-4-2-3-22-26/h2-3,7-10,21-22H,4-6H2,1H3,(H,24,25). The van der Waals surface area contributed by atoms with Gasteiger partial charge in [0.2, 0.25) is 0 Å². The number of hydrogen-bond donors (Lipinski definition) is 3. The monoisotopic (exact) mass is 411 g/mol. The number of anilines is 3. The van der Waals surface area contributed by atoms with Gasteiger partial charge in [0, 0.05) is 31.4 Å². The van der Waals surface area contributed by atoms with Gasteiger partial charge in [0.25, 0.3) is 5.91 Å². The summed E-state index contributed by atoms with van der Waals surface area (Å²) in [5.41, 5.74) is 3.92. The number of hydrazine groups is 1. The van der Waals surface area contributed by atoms with E-state index in [-0.39, 0.29) is 5.91 Å². The molecule has 2 aromatic heterocycles. The van der Waals surface area contributed by atoms with Crippen LogP contribution in [0.2, 0.25) is 0 Å². The molecule has 0 radical (unpaired) electrons. The summed E-state index contributed by atoms with van der Waals surface area (Å²) in [7, 11) is 1.73. The maximum atomic E-state index is 14.1. The van der Waals surface area contributed by atoms with Crippen LogP contribution in [-0.4, -0.2) is 52.3 Å². The van der Waals surface area contributed by atoms with Gasteiger partial charge in [-0.2, -0.15) is 9.61 Å². The molecule has 30 heavy (non-hydrogen) atoms. The smallest absolute Gasteiger partial charge is 0.277 e. The van der Waals surface area contributed by atoms with Crippen molar-refractivity contribution in [3.8, 4) is 11.5 Å². The van der Waals surface area contributed by atoms with Crippen LogP contribution < -0.4 is 25.5 Å². The van der Waals surface area contributed by atoms with Crippen molar-refractivity contribution in [3.63, 3.8) is 0 Å². The largest absolute Gasteiger partial charge is 0.486 e. The molecular weight excluding hydrogens is 393 g/mol. The Morgan fingerprint density at radius 3 is 2.93 bits per heavy atom. The predicted molar refractivity (Wildman–Crippen MR) is 107 cm³/mol. The van der Waals surface area contributed by atoms with Gasteiger partial charge in [-0.1, -0.05) is 0 Å². The molecule has 0 saturated heterocycles. The van der Waals surface area contributed by atoms with E-state index in [2.05, 4.69) is 26.1 Å². The number of amides is 1. The fourth-order valence-electron chi connectivity index (χ4n) is 3.35. The van der Waals surface area contributed by atoms with E-state index >= 15 is 0 Å². The number of fused-ring (bicyclic) bond motifs is 2. The minimum Gasteiger partial charge on any atom is -0.486 e. The zero-order valence-corrected chi connectivity index (χ0v) is 16.0. The second kappa shape index (κ2) is 7.10. The fourth-order valence-corrected chi connectivity index (χ4v) is 3.35.